The molecule has 0 amide bonds. The topological polar surface area (TPSA) is 97.5 Å². The van der Waals surface area contributed by atoms with E-state index in [1.165, 1.54) is 0 Å². The van der Waals surface area contributed by atoms with Gasteiger partial charge in [0.15, 0.2) is 0 Å². The first-order valence-corrected chi connectivity index (χ1v) is 6.95. The van der Waals surface area contributed by atoms with Crippen molar-refractivity contribution in [2.24, 2.45) is 10.7 Å². The van der Waals surface area contributed by atoms with Crippen molar-refractivity contribution in [3.63, 3.8) is 0 Å². The first-order chi connectivity index (χ1) is 10.1. The number of nitrogens with zero attached hydrogens (tertiary/aromatic N) is 1. The second-order valence-corrected chi connectivity index (χ2v) is 4.81. The normalized spacial score (nSPS) is 16.6. The number of rotatable bonds is 5. The second kappa shape index (κ2) is 6.74. The summed E-state index contributed by atoms with van der Waals surface area (Å²) < 4.78 is 5.61. The Morgan fingerprint density at radius 2 is 1.86 bits per heavy atom. The number of hydrogen-bond acceptors (Lipinski definition) is 5. The summed E-state index contributed by atoms with van der Waals surface area (Å²) in [5, 5.41) is 7.89. The smallest absolute Gasteiger partial charge is 0.146 e. The fraction of sp³-hybridized carbons (Fsp3) is 0.250. The van der Waals surface area contributed by atoms with Crippen molar-refractivity contribution in [2.75, 3.05) is 12.3 Å². The average Bonchev–Trinajstić information content (AvgIpc) is 2.46. The van der Waals surface area contributed by atoms with Gasteiger partial charge >= 0.3 is 0 Å². The van der Waals surface area contributed by atoms with Gasteiger partial charge in [-0.2, -0.15) is 0 Å². The van der Waals surface area contributed by atoms with Gasteiger partial charge in [0.2, 0.25) is 0 Å². The van der Waals surface area contributed by atoms with Gasteiger partial charge in [0.1, 0.15) is 5.76 Å². The number of allylic oxidation sites excluding steroid dienone is 2. The van der Waals surface area contributed by atoms with E-state index in [0.717, 1.165) is 18.5 Å². The number of nitrogens with two attached hydrogens (primary N) is 2. The first-order valence-electron chi connectivity index (χ1n) is 6.95. The number of ether oxygens (including phenoxy) is 1. The largest absolute Gasteiger partial charge is 0.491 e. The molecule has 21 heavy (non-hydrogen) atoms. The van der Waals surface area contributed by atoms with Crippen LogP contribution in [0.5, 0.6) is 0 Å². The number of aliphatic imine (C=N–C) groups is 1. The summed E-state index contributed by atoms with van der Waals surface area (Å²) in [5.74, 6) is 0.506. The van der Waals surface area contributed by atoms with Crippen molar-refractivity contribution in [3.8, 4) is 0 Å². The van der Waals surface area contributed by atoms with E-state index in [-0.39, 0.29) is 5.71 Å². The minimum absolute atomic E-state index is 0.278. The molecule has 0 atom stereocenters. The van der Waals surface area contributed by atoms with Crippen LogP contribution in [0.2, 0.25) is 0 Å². The van der Waals surface area contributed by atoms with Gasteiger partial charge in [-0.1, -0.05) is 13.3 Å². The molecular weight excluding hydrogens is 264 g/mol. The summed E-state index contributed by atoms with van der Waals surface area (Å²) in [6.07, 6.45) is 5.28. The molecule has 0 saturated carbocycles. The van der Waals surface area contributed by atoms with Crippen LogP contribution in [0.1, 0.15) is 19.8 Å². The van der Waals surface area contributed by atoms with Crippen LogP contribution in [0.4, 0.5) is 11.4 Å². The molecule has 0 saturated heterocycles. The lowest BCUT2D eigenvalue weighted by atomic mass is 10.1. The quantitative estimate of drug-likeness (QED) is 0.440. The maximum absolute atomic E-state index is 7.89. The molecule has 5 N–H and O–H groups in total. The Bertz CT molecular complexity index is 612. The highest BCUT2D eigenvalue weighted by molar-refractivity contribution is 6.22. The van der Waals surface area contributed by atoms with E-state index in [9.17, 15) is 0 Å². The fourth-order valence-corrected chi connectivity index (χ4v) is 1.82. The van der Waals surface area contributed by atoms with Crippen molar-refractivity contribution in [1.82, 2.24) is 0 Å². The highest BCUT2D eigenvalue weighted by atomic mass is 16.5. The number of anilines is 1. The molecule has 0 bridgehead atoms. The number of nitrogen functional groups attached to an aromatic ring is 1. The predicted octanol–water partition coefficient (Wildman–Crippen LogP) is 2.92. The minimum Gasteiger partial charge on any atom is -0.491 e. The Morgan fingerprint density at radius 1 is 1.14 bits per heavy atom. The van der Waals surface area contributed by atoms with E-state index in [4.69, 9.17) is 21.6 Å². The monoisotopic (exact) mass is 284 g/mol. The predicted molar refractivity (Wildman–Crippen MR) is 86.9 cm³/mol. The summed E-state index contributed by atoms with van der Waals surface area (Å²) in [4.78, 5) is 4.47. The molecule has 0 aliphatic heterocycles. The third kappa shape index (κ3) is 3.95. The van der Waals surface area contributed by atoms with Gasteiger partial charge in [0.25, 0.3) is 0 Å². The molecular formula is C16H20N4O. The Balaban J connectivity index is 2.22. The Labute approximate surface area is 124 Å². The van der Waals surface area contributed by atoms with Gasteiger partial charge in [-0.25, -0.2) is 4.99 Å². The summed E-state index contributed by atoms with van der Waals surface area (Å²) in [6.45, 7) is 2.68. The van der Waals surface area contributed by atoms with Crippen molar-refractivity contribution >= 4 is 22.8 Å². The number of benzene rings is 1. The molecule has 0 spiro atoms. The zero-order chi connectivity index (χ0) is 15.2. The van der Waals surface area contributed by atoms with Gasteiger partial charge in [0.05, 0.1) is 29.4 Å². The van der Waals surface area contributed by atoms with Crippen LogP contribution in [0, 0.1) is 5.41 Å². The van der Waals surface area contributed by atoms with E-state index in [1.807, 2.05) is 12.1 Å². The van der Waals surface area contributed by atoms with Crippen LogP contribution in [0.3, 0.4) is 0 Å². The van der Waals surface area contributed by atoms with E-state index >= 15 is 0 Å². The van der Waals surface area contributed by atoms with Crippen LogP contribution >= 0.6 is 0 Å². The molecule has 5 nitrogen and oxygen atoms in total. The van der Waals surface area contributed by atoms with E-state index < -0.39 is 0 Å². The fourth-order valence-electron chi connectivity index (χ4n) is 1.82. The van der Waals surface area contributed by atoms with Gasteiger partial charge in [-0.3, -0.25) is 5.41 Å². The summed E-state index contributed by atoms with van der Waals surface area (Å²) >= 11 is 0. The molecule has 2 rings (SSSR count). The van der Waals surface area contributed by atoms with Crippen molar-refractivity contribution in [3.05, 3.63) is 47.9 Å². The zero-order valence-corrected chi connectivity index (χ0v) is 12.1. The Hall–Kier alpha value is -2.56. The highest BCUT2D eigenvalue weighted by Crippen LogP contribution is 2.18. The molecule has 1 aromatic rings. The molecule has 1 aliphatic carbocycles. The molecule has 0 radical (unpaired) electrons. The number of hydrogen-bond donors (Lipinski definition) is 3. The maximum Gasteiger partial charge on any atom is 0.146 e. The lowest BCUT2D eigenvalue weighted by Gasteiger charge is -2.15. The molecule has 1 aliphatic rings. The van der Waals surface area contributed by atoms with Gasteiger partial charge in [-0.15, -0.1) is 0 Å². The molecule has 1 aromatic carbocycles. The third-order valence-corrected chi connectivity index (χ3v) is 3.03. The molecule has 110 valence electrons. The standard InChI is InChI=1S/C16H20N4O/c1-2-3-8-21-16-10-15(13(18)9-14(16)19)20-12-6-4-11(17)5-7-12/h4-7,9-10,19H,2-3,8,17-18H2,1H3/b19-14?,20-15-. The summed E-state index contributed by atoms with van der Waals surface area (Å²) in [6, 6.07) is 7.21. The summed E-state index contributed by atoms with van der Waals surface area (Å²) in [5.41, 5.74) is 14.4. The lowest BCUT2D eigenvalue weighted by Crippen LogP contribution is -2.19. The first kappa shape index (κ1) is 14.8. The molecule has 0 heterocycles. The zero-order valence-electron chi connectivity index (χ0n) is 12.1. The summed E-state index contributed by atoms with van der Waals surface area (Å²) in [7, 11) is 0. The van der Waals surface area contributed by atoms with Crippen LogP contribution in [0.15, 0.2) is 52.9 Å². The second-order valence-electron chi connectivity index (χ2n) is 4.81. The number of unbranched alkanes of at least 4 members (excludes halogenated alkanes) is 1. The van der Waals surface area contributed by atoms with E-state index in [0.29, 0.717) is 29.5 Å². The van der Waals surface area contributed by atoms with Crippen LogP contribution in [0.25, 0.3) is 0 Å². The molecule has 5 heteroatoms. The third-order valence-electron chi connectivity index (χ3n) is 3.03. The Kier molecular flexibility index (Phi) is 4.77. The van der Waals surface area contributed by atoms with Crippen LogP contribution in [-0.2, 0) is 4.74 Å². The van der Waals surface area contributed by atoms with Crippen LogP contribution in [-0.4, -0.2) is 18.0 Å². The van der Waals surface area contributed by atoms with Crippen molar-refractivity contribution in [1.29, 1.82) is 5.41 Å². The van der Waals surface area contributed by atoms with Gasteiger partial charge in [-0.05, 0) is 36.8 Å². The Morgan fingerprint density at radius 3 is 2.52 bits per heavy atom. The highest BCUT2D eigenvalue weighted by Gasteiger charge is 2.15. The molecule has 0 fully saturated rings. The van der Waals surface area contributed by atoms with Crippen LogP contribution < -0.4 is 11.5 Å². The van der Waals surface area contributed by atoms with Crippen molar-refractivity contribution < 1.29 is 4.74 Å². The molecule has 0 aromatic heterocycles. The SMILES string of the molecule is CCCCOC1=C/C(=N/c2ccc(N)cc2)C(N)=CC1=N. The molecule has 0 unspecified atom stereocenters. The minimum atomic E-state index is 0.278. The maximum atomic E-state index is 7.89. The van der Waals surface area contributed by atoms with Crippen molar-refractivity contribution in [2.45, 2.75) is 19.8 Å². The number of nitrogens with one attached hydrogen (secondary N) is 1. The average molecular weight is 284 g/mol. The van der Waals surface area contributed by atoms with Gasteiger partial charge < -0.3 is 16.2 Å². The van der Waals surface area contributed by atoms with E-state index in [1.54, 1.807) is 24.3 Å². The lowest BCUT2D eigenvalue weighted by molar-refractivity contribution is 0.226. The van der Waals surface area contributed by atoms with Gasteiger partial charge in [0, 0.05) is 11.8 Å². The van der Waals surface area contributed by atoms with E-state index in [2.05, 4.69) is 11.9 Å².